The van der Waals surface area contributed by atoms with Gasteiger partial charge in [-0.15, -0.1) is 0 Å². The number of nitrogens with two attached hydrogens (primary N) is 1. The van der Waals surface area contributed by atoms with E-state index >= 15 is 0 Å². The van der Waals surface area contributed by atoms with Gasteiger partial charge in [0.05, 0.1) is 12.0 Å². The molecule has 0 atom stereocenters. The zero-order valence-electron chi connectivity index (χ0n) is 10.1. The zero-order chi connectivity index (χ0) is 12.7. The third-order valence-electron chi connectivity index (χ3n) is 3.42. The van der Waals surface area contributed by atoms with Crippen molar-refractivity contribution in [2.24, 2.45) is 5.73 Å². The molecule has 0 unspecified atom stereocenters. The number of rotatable bonds is 4. The maximum absolute atomic E-state index is 11.5. The van der Waals surface area contributed by atoms with Crippen LogP contribution in [0.2, 0.25) is 0 Å². The van der Waals surface area contributed by atoms with Crippen molar-refractivity contribution < 1.29 is 13.2 Å². The average molecular weight is 255 g/mol. The maximum Gasteiger partial charge on any atom is 0.175 e. The summed E-state index contributed by atoms with van der Waals surface area (Å²) in [6.45, 7) is 0.571. The van der Waals surface area contributed by atoms with E-state index in [0.29, 0.717) is 12.3 Å². The van der Waals surface area contributed by atoms with E-state index in [0.717, 1.165) is 18.4 Å². The summed E-state index contributed by atoms with van der Waals surface area (Å²) in [6.07, 6.45) is 3.27. The number of benzene rings is 1. The van der Waals surface area contributed by atoms with Gasteiger partial charge >= 0.3 is 0 Å². The van der Waals surface area contributed by atoms with Gasteiger partial charge in [0.15, 0.2) is 9.84 Å². The zero-order valence-corrected chi connectivity index (χ0v) is 10.9. The molecule has 5 heteroatoms. The normalized spacial score (nSPS) is 17.8. The highest BCUT2D eigenvalue weighted by atomic mass is 32.2. The number of hydrogen-bond donors (Lipinski definition) is 1. The lowest BCUT2D eigenvalue weighted by Crippen LogP contribution is -2.20. The molecule has 0 amide bonds. The maximum atomic E-state index is 11.5. The van der Waals surface area contributed by atoms with Crippen LogP contribution < -0.4 is 10.5 Å². The van der Waals surface area contributed by atoms with Crippen LogP contribution in [0.3, 0.4) is 0 Å². The van der Waals surface area contributed by atoms with Crippen molar-refractivity contribution in [3.8, 4) is 5.75 Å². The quantitative estimate of drug-likeness (QED) is 0.874. The van der Waals surface area contributed by atoms with E-state index in [2.05, 4.69) is 0 Å². The van der Waals surface area contributed by atoms with Crippen molar-refractivity contribution in [2.45, 2.75) is 23.2 Å². The molecule has 0 radical (unpaired) electrons. The molecule has 1 saturated carbocycles. The summed E-state index contributed by atoms with van der Waals surface area (Å²) in [7, 11) is -1.64. The highest BCUT2D eigenvalue weighted by Crippen LogP contribution is 2.50. The van der Waals surface area contributed by atoms with E-state index in [9.17, 15) is 8.42 Å². The summed E-state index contributed by atoms with van der Waals surface area (Å²) in [5.74, 6) is 0.621. The summed E-state index contributed by atoms with van der Waals surface area (Å²) in [5, 5.41) is 0. The van der Waals surface area contributed by atoms with Gasteiger partial charge in [-0.2, -0.15) is 0 Å². The Morgan fingerprint density at radius 2 is 2.06 bits per heavy atom. The van der Waals surface area contributed by atoms with Gasteiger partial charge < -0.3 is 10.5 Å². The molecule has 1 aliphatic rings. The number of hydrogen-bond acceptors (Lipinski definition) is 4. The molecule has 2 rings (SSSR count). The Morgan fingerprint density at radius 3 is 2.47 bits per heavy atom. The number of methoxy groups -OCH3 is 1. The Hall–Kier alpha value is -1.07. The molecule has 2 N–H and O–H groups in total. The van der Waals surface area contributed by atoms with Crippen molar-refractivity contribution in [1.82, 2.24) is 0 Å². The van der Waals surface area contributed by atoms with Crippen molar-refractivity contribution in [1.29, 1.82) is 0 Å². The second-order valence-corrected chi connectivity index (χ2v) is 6.63. The van der Waals surface area contributed by atoms with E-state index in [-0.39, 0.29) is 10.3 Å². The first-order valence-electron chi connectivity index (χ1n) is 5.52. The Morgan fingerprint density at radius 1 is 1.41 bits per heavy atom. The predicted octanol–water partition coefficient (Wildman–Crippen LogP) is 1.09. The second kappa shape index (κ2) is 3.99. The molecule has 1 aromatic carbocycles. The molecule has 4 nitrogen and oxygen atoms in total. The van der Waals surface area contributed by atoms with Crippen LogP contribution >= 0.6 is 0 Å². The first-order chi connectivity index (χ1) is 7.93. The van der Waals surface area contributed by atoms with E-state index in [1.54, 1.807) is 19.2 Å². The summed E-state index contributed by atoms with van der Waals surface area (Å²) >= 11 is 0. The molecule has 0 bridgehead atoms. The predicted molar refractivity (Wildman–Crippen MR) is 66.1 cm³/mol. The van der Waals surface area contributed by atoms with Crippen LogP contribution in [-0.2, 0) is 15.3 Å². The smallest absolute Gasteiger partial charge is 0.175 e. The van der Waals surface area contributed by atoms with Gasteiger partial charge in [0.2, 0.25) is 0 Å². The number of sulfone groups is 1. The highest BCUT2D eigenvalue weighted by molar-refractivity contribution is 7.90. The van der Waals surface area contributed by atoms with Crippen LogP contribution in [0, 0.1) is 0 Å². The SMILES string of the molecule is COc1cc(S(C)(=O)=O)ccc1C1(CN)CC1. The van der Waals surface area contributed by atoms with Crippen molar-refractivity contribution in [2.75, 3.05) is 19.9 Å². The molecule has 1 aliphatic carbocycles. The van der Waals surface area contributed by atoms with Crippen LogP contribution in [0.25, 0.3) is 0 Å². The van der Waals surface area contributed by atoms with Crippen LogP contribution in [-0.4, -0.2) is 28.3 Å². The standard InChI is InChI=1S/C12H17NO3S/c1-16-11-7-9(17(2,14)15)3-4-10(11)12(8-13)5-6-12/h3-4,7H,5-6,8,13H2,1-2H3. The fourth-order valence-corrected chi connectivity index (χ4v) is 2.71. The minimum atomic E-state index is -3.20. The molecule has 1 aromatic rings. The van der Waals surface area contributed by atoms with Gasteiger partial charge in [-0.3, -0.25) is 0 Å². The van der Waals surface area contributed by atoms with Crippen molar-refractivity contribution in [3.05, 3.63) is 23.8 Å². The third-order valence-corrected chi connectivity index (χ3v) is 4.53. The lowest BCUT2D eigenvalue weighted by Gasteiger charge is -2.17. The van der Waals surface area contributed by atoms with Crippen LogP contribution in [0.4, 0.5) is 0 Å². The fourth-order valence-electron chi connectivity index (χ4n) is 2.07. The molecular formula is C12H17NO3S. The average Bonchev–Trinajstić information content (AvgIpc) is 3.08. The molecule has 1 fully saturated rings. The molecule has 94 valence electrons. The van der Waals surface area contributed by atoms with Crippen LogP contribution in [0.15, 0.2) is 23.1 Å². The Bertz CT molecular complexity index is 533. The van der Waals surface area contributed by atoms with Gasteiger partial charge in [0, 0.05) is 23.8 Å². The largest absolute Gasteiger partial charge is 0.496 e. The van der Waals surface area contributed by atoms with Gasteiger partial charge in [0.25, 0.3) is 0 Å². The number of ether oxygens (including phenoxy) is 1. The van der Waals surface area contributed by atoms with E-state index in [1.165, 1.54) is 6.26 Å². The first kappa shape index (κ1) is 12.4. The fraction of sp³-hybridized carbons (Fsp3) is 0.500. The monoisotopic (exact) mass is 255 g/mol. The first-order valence-corrected chi connectivity index (χ1v) is 7.41. The lowest BCUT2D eigenvalue weighted by atomic mass is 9.95. The molecule has 0 saturated heterocycles. The topological polar surface area (TPSA) is 69.4 Å². The van der Waals surface area contributed by atoms with E-state index < -0.39 is 9.84 Å². The van der Waals surface area contributed by atoms with Gasteiger partial charge in [-0.05, 0) is 25.0 Å². The van der Waals surface area contributed by atoms with Crippen LogP contribution in [0.5, 0.6) is 5.75 Å². The van der Waals surface area contributed by atoms with Crippen LogP contribution in [0.1, 0.15) is 18.4 Å². The lowest BCUT2D eigenvalue weighted by molar-refractivity contribution is 0.402. The summed E-state index contributed by atoms with van der Waals surface area (Å²) in [4.78, 5) is 0.283. The molecule has 0 aromatic heterocycles. The Labute approximate surface area is 102 Å². The molecule has 0 aliphatic heterocycles. The third kappa shape index (κ3) is 2.17. The van der Waals surface area contributed by atoms with Gasteiger partial charge in [-0.1, -0.05) is 6.07 Å². The van der Waals surface area contributed by atoms with Gasteiger partial charge in [-0.25, -0.2) is 8.42 Å². The minimum Gasteiger partial charge on any atom is -0.496 e. The molecule has 0 spiro atoms. The Kier molecular flexibility index (Phi) is 2.91. The summed E-state index contributed by atoms with van der Waals surface area (Å²) < 4.78 is 28.2. The van der Waals surface area contributed by atoms with Gasteiger partial charge in [0.1, 0.15) is 5.75 Å². The summed E-state index contributed by atoms with van der Waals surface area (Å²) in [6, 6.07) is 5.04. The second-order valence-electron chi connectivity index (χ2n) is 4.62. The summed E-state index contributed by atoms with van der Waals surface area (Å²) in [5.41, 5.74) is 6.80. The minimum absolute atomic E-state index is 0.00137. The molecular weight excluding hydrogens is 238 g/mol. The Balaban J connectivity index is 2.50. The highest BCUT2D eigenvalue weighted by Gasteiger charge is 2.44. The van der Waals surface area contributed by atoms with E-state index in [4.69, 9.17) is 10.5 Å². The van der Waals surface area contributed by atoms with Crippen molar-refractivity contribution >= 4 is 9.84 Å². The van der Waals surface area contributed by atoms with E-state index in [1.807, 2.05) is 6.07 Å². The molecule has 0 heterocycles. The van der Waals surface area contributed by atoms with Crippen molar-refractivity contribution in [3.63, 3.8) is 0 Å². The molecule has 17 heavy (non-hydrogen) atoms.